The molecule has 0 amide bonds. The van der Waals surface area contributed by atoms with E-state index in [0.29, 0.717) is 18.2 Å². The molecule has 0 fully saturated rings. The Morgan fingerprint density at radius 3 is 2.71 bits per heavy atom. The fourth-order valence-corrected chi connectivity index (χ4v) is 1.19. The summed E-state index contributed by atoms with van der Waals surface area (Å²) in [5.41, 5.74) is 0.953. The Labute approximate surface area is 86.0 Å². The minimum absolute atomic E-state index is 0.676. The van der Waals surface area contributed by atoms with Gasteiger partial charge in [-0.05, 0) is 38.7 Å². The quantitative estimate of drug-likeness (QED) is 0.730. The van der Waals surface area contributed by atoms with Crippen molar-refractivity contribution in [1.29, 1.82) is 0 Å². The molecular weight excluding hydrogens is 174 g/mol. The van der Waals surface area contributed by atoms with Crippen LogP contribution in [-0.2, 0) is 6.42 Å². The average molecular weight is 192 g/mol. The summed E-state index contributed by atoms with van der Waals surface area (Å²) in [7, 11) is 0. The summed E-state index contributed by atoms with van der Waals surface area (Å²) in [6, 6.07) is 0. The van der Waals surface area contributed by atoms with E-state index in [1.165, 1.54) is 0 Å². The highest BCUT2D eigenvalue weighted by atomic mass is 16.4. The van der Waals surface area contributed by atoms with E-state index in [-0.39, 0.29) is 0 Å². The van der Waals surface area contributed by atoms with Crippen molar-refractivity contribution in [3.63, 3.8) is 0 Å². The van der Waals surface area contributed by atoms with Gasteiger partial charge in [-0.25, -0.2) is 4.98 Å². The lowest BCUT2D eigenvalue weighted by atomic mass is 10.1. The molecule has 0 spiro atoms. The molecule has 14 heavy (non-hydrogen) atoms. The normalized spacial score (nSPS) is 11.8. The first kappa shape index (κ1) is 11.0. The SMILES string of the molecule is [CH2]Cc1nc(/C=C/CC(C)C)oc1C. The standard InChI is InChI=1S/C12H18NO/c1-5-11-10(4)14-12(13-11)8-6-7-9(2)3/h6,8-9H,1,5,7H2,2-4H3/b8-6+. The van der Waals surface area contributed by atoms with Crippen LogP contribution in [0.5, 0.6) is 0 Å². The smallest absolute Gasteiger partial charge is 0.218 e. The predicted molar refractivity (Wildman–Crippen MR) is 58.8 cm³/mol. The fraction of sp³-hybridized carbons (Fsp3) is 0.500. The number of hydrogen-bond donors (Lipinski definition) is 0. The summed E-state index contributed by atoms with van der Waals surface area (Å²) in [4.78, 5) is 4.31. The molecule has 1 aromatic heterocycles. The molecule has 1 aromatic rings. The van der Waals surface area contributed by atoms with Crippen LogP contribution in [-0.4, -0.2) is 4.98 Å². The Kier molecular flexibility index (Phi) is 3.93. The van der Waals surface area contributed by atoms with Gasteiger partial charge in [0.1, 0.15) is 5.76 Å². The maximum Gasteiger partial charge on any atom is 0.218 e. The van der Waals surface area contributed by atoms with Crippen LogP contribution >= 0.6 is 0 Å². The van der Waals surface area contributed by atoms with E-state index in [1.807, 2.05) is 13.0 Å². The lowest BCUT2D eigenvalue weighted by molar-refractivity contribution is 0.514. The van der Waals surface area contributed by atoms with Gasteiger partial charge in [0, 0.05) is 0 Å². The lowest BCUT2D eigenvalue weighted by Crippen LogP contribution is -1.83. The first-order valence-corrected chi connectivity index (χ1v) is 5.05. The molecule has 77 valence electrons. The zero-order chi connectivity index (χ0) is 10.6. The zero-order valence-corrected chi connectivity index (χ0v) is 9.21. The summed E-state index contributed by atoms with van der Waals surface area (Å²) in [5, 5.41) is 0. The van der Waals surface area contributed by atoms with Crippen molar-refractivity contribution >= 4 is 6.08 Å². The van der Waals surface area contributed by atoms with Crippen molar-refractivity contribution in [2.75, 3.05) is 0 Å². The van der Waals surface area contributed by atoms with E-state index in [4.69, 9.17) is 4.42 Å². The number of aromatic nitrogens is 1. The third kappa shape index (κ3) is 3.02. The highest BCUT2D eigenvalue weighted by molar-refractivity contribution is 5.38. The Morgan fingerprint density at radius 1 is 1.50 bits per heavy atom. The molecule has 0 aliphatic heterocycles. The lowest BCUT2D eigenvalue weighted by Gasteiger charge is -1.94. The summed E-state index contributed by atoms with van der Waals surface area (Å²) in [5.74, 6) is 2.25. The number of rotatable bonds is 4. The average Bonchev–Trinajstić information content (AvgIpc) is 2.45. The van der Waals surface area contributed by atoms with Gasteiger partial charge in [-0.15, -0.1) is 0 Å². The molecule has 2 heteroatoms. The van der Waals surface area contributed by atoms with Gasteiger partial charge in [0.05, 0.1) is 5.69 Å². The van der Waals surface area contributed by atoms with E-state index >= 15 is 0 Å². The molecule has 0 aromatic carbocycles. The summed E-state index contributed by atoms with van der Waals surface area (Å²) in [6.45, 7) is 10.1. The topological polar surface area (TPSA) is 26.0 Å². The summed E-state index contributed by atoms with van der Waals surface area (Å²) >= 11 is 0. The van der Waals surface area contributed by atoms with Gasteiger partial charge in [-0.3, -0.25) is 0 Å². The van der Waals surface area contributed by atoms with Crippen LogP contribution in [0.25, 0.3) is 6.08 Å². The maximum absolute atomic E-state index is 5.45. The third-order valence-electron chi connectivity index (χ3n) is 2.01. The van der Waals surface area contributed by atoms with Gasteiger partial charge < -0.3 is 4.42 Å². The second-order valence-corrected chi connectivity index (χ2v) is 3.84. The van der Waals surface area contributed by atoms with Crippen LogP contribution in [0.4, 0.5) is 0 Å². The van der Waals surface area contributed by atoms with Gasteiger partial charge in [-0.1, -0.05) is 19.9 Å². The van der Waals surface area contributed by atoms with Crippen molar-refractivity contribution < 1.29 is 4.42 Å². The van der Waals surface area contributed by atoms with Crippen molar-refractivity contribution in [2.24, 2.45) is 5.92 Å². The van der Waals surface area contributed by atoms with Crippen molar-refractivity contribution in [1.82, 2.24) is 4.98 Å². The van der Waals surface area contributed by atoms with Crippen LogP contribution in [0, 0.1) is 19.8 Å². The minimum atomic E-state index is 0.676. The Bertz CT molecular complexity index is 310. The van der Waals surface area contributed by atoms with Crippen molar-refractivity contribution in [2.45, 2.75) is 33.6 Å². The molecule has 0 aliphatic carbocycles. The van der Waals surface area contributed by atoms with E-state index in [0.717, 1.165) is 17.9 Å². The molecule has 0 saturated carbocycles. The molecule has 1 radical (unpaired) electrons. The van der Waals surface area contributed by atoms with E-state index in [2.05, 4.69) is 31.8 Å². The fourth-order valence-electron chi connectivity index (χ4n) is 1.19. The number of allylic oxidation sites excluding steroid dienone is 1. The van der Waals surface area contributed by atoms with E-state index in [1.54, 1.807) is 0 Å². The minimum Gasteiger partial charge on any atom is -0.442 e. The van der Waals surface area contributed by atoms with Gasteiger partial charge >= 0.3 is 0 Å². The number of aryl methyl sites for hydroxylation is 1. The largest absolute Gasteiger partial charge is 0.442 e. The number of nitrogens with zero attached hydrogens (tertiary/aromatic N) is 1. The summed E-state index contributed by atoms with van der Waals surface area (Å²) < 4.78 is 5.45. The second-order valence-electron chi connectivity index (χ2n) is 3.84. The first-order valence-electron chi connectivity index (χ1n) is 5.05. The molecule has 0 saturated heterocycles. The van der Waals surface area contributed by atoms with Crippen LogP contribution in [0.3, 0.4) is 0 Å². The first-order chi connectivity index (χ1) is 6.63. The number of hydrogen-bond acceptors (Lipinski definition) is 2. The second kappa shape index (κ2) is 4.99. The number of oxazole rings is 1. The molecule has 1 rings (SSSR count). The highest BCUT2D eigenvalue weighted by Gasteiger charge is 2.04. The Morgan fingerprint density at radius 2 is 2.21 bits per heavy atom. The molecule has 1 heterocycles. The van der Waals surface area contributed by atoms with E-state index < -0.39 is 0 Å². The van der Waals surface area contributed by atoms with Crippen LogP contribution < -0.4 is 0 Å². The Balaban J connectivity index is 2.63. The van der Waals surface area contributed by atoms with Crippen LogP contribution in [0.2, 0.25) is 0 Å². The molecule has 0 atom stereocenters. The maximum atomic E-state index is 5.45. The monoisotopic (exact) mass is 192 g/mol. The van der Waals surface area contributed by atoms with Gasteiger partial charge in [0.15, 0.2) is 0 Å². The van der Waals surface area contributed by atoms with Crippen molar-refractivity contribution in [3.8, 4) is 0 Å². The molecule has 0 unspecified atom stereocenters. The van der Waals surface area contributed by atoms with Gasteiger partial charge in [-0.2, -0.15) is 0 Å². The van der Waals surface area contributed by atoms with Crippen LogP contribution in [0.1, 0.15) is 37.6 Å². The molecule has 0 aliphatic rings. The van der Waals surface area contributed by atoms with E-state index in [9.17, 15) is 0 Å². The molecular formula is C12H18NO. The van der Waals surface area contributed by atoms with Crippen LogP contribution in [0.15, 0.2) is 10.5 Å². The zero-order valence-electron chi connectivity index (χ0n) is 9.21. The van der Waals surface area contributed by atoms with Crippen molar-refractivity contribution in [3.05, 3.63) is 30.3 Å². The highest BCUT2D eigenvalue weighted by Crippen LogP contribution is 2.12. The summed E-state index contributed by atoms with van der Waals surface area (Å²) in [6.07, 6.45) is 5.78. The predicted octanol–water partition coefficient (Wildman–Crippen LogP) is 3.42. The van der Waals surface area contributed by atoms with Gasteiger partial charge in [0.2, 0.25) is 5.89 Å². The molecule has 2 nitrogen and oxygen atoms in total. The molecule has 0 N–H and O–H groups in total. The van der Waals surface area contributed by atoms with Gasteiger partial charge in [0.25, 0.3) is 0 Å². The molecule has 0 bridgehead atoms. The Hall–Kier alpha value is -1.05. The third-order valence-corrected chi connectivity index (χ3v) is 2.01.